The molecule has 42 heavy (non-hydrogen) atoms. The van der Waals surface area contributed by atoms with E-state index in [1.807, 2.05) is 43.3 Å². The molecule has 0 saturated heterocycles. The highest BCUT2D eigenvalue weighted by molar-refractivity contribution is 6.00. The molecule has 3 aromatic rings. The summed E-state index contributed by atoms with van der Waals surface area (Å²) in [4.78, 5) is 53.9. The molecule has 0 aliphatic heterocycles. The number of nitrogens with two attached hydrogens (primary N) is 1. The van der Waals surface area contributed by atoms with Gasteiger partial charge < -0.3 is 31.1 Å². The number of ether oxygens (including phenoxy) is 1. The van der Waals surface area contributed by atoms with Crippen molar-refractivity contribution in [1.29, 1.82) is 0 Å². The van der Waals surface area contributed by atoms with Gasteiger partial charge in [-0.25, -0.2) is 4.79 Å². The lowest BCUT2D eigenvalue weighted by Gasteiger charge is -2.34. The summed E-state index contributed by atoms with van der Waals surface area (Å²) in [6, 6.07) is 17.0. The fourth-order valence-electron chi connectivity index (χ4n) is 4.50. The van der Waals surface area contributed by atoms with Crippen molar-refractivity contribution in [3.63, 3.8) is 0 Å². The summed E-state index contributed by atoms with van der Waals surface area (Å²) in [5.74, 6) is -1.68. The van der Waals surface area contributed by atoms with Crippen LogP contribution in [0.15, 0.2) is 66.7 Å². The molecule has 3 rings (SSSR count). The number of nitrogens with zero attached hydrogens (tertiary/aromatic N) is 1. The molecule has 0 radical (unpaired) electrons. The van der Waals surface area contributed by atoms with Gasteiger partial charge in [0.15, 0.2) is 0 Å². The predicted octanol–water partition coefficient (Wildman–Crippen LogP) is 5.01. The van der Waals surface area contributed by atoms with Gasteiger partial charge in [0.25, 0.3) is 5.91 Å². The highest BCUT2D eigenvalue weighted by atomic mass is 16.6. The lowest BCUT2D eigenvalue weighted by Crippen LogP contribution is -2.52. The van der Waals surface area contributed by atoms with Crippen LogP contribution < -0.4 is 16.4 Å². The monoisotopic (exact) mass is 576 g/mol. The number of carbonyl (C=O) groups excluding carboxylic acids is 4. The van der Waals surface area contributed by atoms with Crippen LogP contribution in [0, 0.1) is 0 Å². The zero-order chi connectivity index (χ0) is 30.9. The van der Waals surface area contributed by atoms with Crippen LogP contribution in [0.5, 0.6) is 5.75 Å². The highest BCUT2D eigenvalue weighted by Gasteiger charge is 2.36. The zero-order valence-electron chi connectivity index (χ0n) is 24.6. The molecule has 0 spiro atoms. The van der Waals surface area contributed by atoms with E-state index in [-0.39, 0.29) is 25.1 Å². The molecule has 224 valence electrons. The first-order chi connectivity index (χ1) is 19.9. The second-order valence-corrected chi connectivity index (χ2v) is 11.1. The molecule has 0 heterocycles. The molecule has 2 atom stereocenters. The number of primary amides is 1. The number of aromatic hydroxyl groups is 1. The van der Waals surface area contributed by atoms with Crippen molar-refractivity contribution in [3.05, 3.63) is 72.3 Å². The Morgan fingerprint density at radius 2 is 1.64 bits per heavy atom. The van der Waals surface area contributed by atoms with Crippen molar-refractivity contribution in [2.24, 2.45) is 5.73 Å². The first kappa shape index (κ1) is 31.9. The van der Waals surface area contributed by atoms with E-state index in [0.29, 0.717) is 17.7 Å². The number of alkyl carbamates (subject to hydrolysis) is 1. The molecule has 0 aromatic heterocycles. The number of phenols is 1. The number of nitrogens with one attached hydrogen (secondary N) is 2. The Kier molecular flexibility index (Phi) is 10.9. The fraction of sp³-hybridized carbons (Fsp3) is 0.375. The summed E-state index contributed by atoms with van der Waals surface area (Å²) >= 11 is 0. The maximum Gasteiger partial charge on any atom is 0.408 e. The molecule has 4 amide bonds. The lowest BCUT2D eigenvalue weighted by molar-refractivity contribution is -0.141. The second kappa shape index (κ2) is 14.3. The molecule has 10 nitrogen and oxygen atoms in total. The SMILES string of the molecule is CCCCN(C(=O)C(CCC(N)=O)NC(=O)OC(C)(C)C)C(C(=O)Nc1ccc2ccccc2c1)c1ccc(O)cc1. The number of anilines is 1. The Labute approximate surface area is 246 Å². The first-order valence-corrected chi connectivity index (χ1v) is 14.0. The van der Waals surface area contributed by atoms with Crippen LogP contribution in [-0.4, -0.2) is 52.0 Å². The summed E-state index contributed by atoms with van der Waals surface area (Å²) in [5.41, 5.74) is 5.55. The minimum absolute atomic E-state index is 0.00444. The van der Waals surface area contributed by atoms with E-state index in [4.69, 9.17) is 10.5 Å². The van der Waals surface area contributed by atoms with Gasteiger partial charge in [0.2, 0.25) is 11.8 Å². The number of fused-ring (bicyclic) bond motifs is 1. The standard InChI is InChI=1S/C32H40N4O6/c1-5-6-19-36(30(40)26(17-18-27(33)38)35-31(41)42-32(2,3)4)28(22-12-15-25(37)16-13-22)29(39)34-24-14-11-21-9-7-8-10-23(21)20-24/h7-16,20,26,28,37H,5-6,17-19H2,1-4H3,(H2,33,38)(H,34,39)(H,35,41). The maximum absolute atomic E-state index is 14.2. The molecule has 0 fully saturated rings. The Morgan fingerprint density at radius 3 is 2.26 bits per heavy atom. The van der Waals surface area contributed by atoms with Crippen LogP contribution in [0.1, 0.15) is 65.0 Å². The largest absolute Gasteiger partial charge is 0.508 e. The number of amides is 4. The van der Waals surface area contributed by atoms with Crippen molar-refractivity contribution < 1.29 is 29.0 Å². The number of hydrogen-bond donors (Lipinski definition) is 4. The van der Waals surface area contributed by atoms with Gasteiger partial charge in [-0.1, -0.05) is 55.8 Å². The first-order valence-electron chi connectivity index (χ1n) is 14.0. The van der Waals surface area contributed by atoms with Crippen LogP contribution in [0.2, 0.25) is 0 Å². The number of benzene rings is 3. The predicted molar refractivity (Wildman–Crippen MR) is 162 cm³/mol. The average Bonchev–Trinajstić information content (AvgIpc) is 2.92. The zero-order valence-corrected chi connectivity index (χ0v) is 24.6. The summed E-state index contributed by atoms with van der Waals surface area (Å²) in [6.07, 6.45) is 0.219. The van der Waals surface area contributed by atoms with Gasteiger partial charge >= 0.3 is 6.09 Å². The number of unbranched alkanes of at least 4 members (excludes halogenated alkanes) is 1. The van der Waals surface area contributed by atoms with Crippen LogP contribution >= 0.6 is 0 Å². The van der Waals surface area contributed by atoms with Crippen molar-refractivity contribution in [1.82, 2.24) is 10.2 Å². The summed E-state index contributed by atoms with van der Waals surface area (Å²) in [6.45, 7) is 7.22. The summed E-state index contributed by atoms with van der Waals surface area (Å²) in [7, 11) is 0. The molecular weight excluding hydrogens is 536 g/mol. The van der Waals surface area contributed by atoms with Gasteiger partial charge in [-0.3, -0.25) is 14.4 Å². The van der Waals surface area contributed by atoms with E-state index >= 15 is 0 Å². The quantitative estimate of drug-likeness (QED) is 0.238. The van der Waals surface area contributed by atoms with Gasteiger partial charge in [-0.2, -0.15) is 0 Å². The van der Waals surface area contributed by atoms with Gasteiger partial charge in [0.05, 0.1) is 0 Å². The third-order valence-electron chi connectivity index (χ3n) is 6.49. The minimum atomic E-state index is -1.18. The summed E-state index contributed by atoms with van der Waals surface area (Å²) in [5, 5.41) is 17.4. The van der Waals surface area contributed by atoms with Gasteiger partial charge in [0, 0.05) is 18.7 Å². The van der Waals surface area contributed by atoms with E-state index in [1.165, 1.54) is 17.0 Å². The fourth-order valence-corrected chi connectivity index (χ4v) is 4.50. The molecule has 0 saturated carbocycles. The van der Waals surface area contributed by atoms with E-state index in [9.17, 15) is 24.3 Å². The third-order valence-corrected chi connectivity index (χ3v) is 6.49. The van der Waals surface area contributed by atoms with Crippen molar-refractivity contribution >= 4 is 40.3 Å². The molecule has 0 aliphatic carbocycles. The number of phenolic OH excluding ortho intramolecular Hbond substituents is 1. The van der Waals surface area contributed by atoms with Crippen LogP contribution in [0.4, 0.5) is 10.5 Å². The lowest BCUT2D eigenvalue weighted by atomic mass is 10.0. The molecule has 2 unspecified atom stereocenters. The highest BCUT2D eigenvalue weighted by Crippen LogP contribution is 2.28. The minimum Gasteiger partial charge on any atom is -0.508 e. The van der Waals surface area contributed by atoms with E-state index in [1.54, 1.807) is 39.0 Å². The van der Waals surface area contributed by atoms with Crippen LogP contribution in [-0.2, 0) is 19.1 Å². The topological polar surface area (TPSA) is 151 Å². The Balaban J connectivity index is 2.01. The van der Waals surface area contributed by atoms with Crippen molar-refractivity contribution in [2.75, 3.05) is 11.9 Å². The smallest absolute Gasteiger partial charge is 0.408 e. The van der Waals surface area contributed by atoms with Crippen molar-refractivity contribution in [3.8, 4) is 5.75 Å². The van der Waals surface area contributed by atoms with Gasteiger partial charge in [-0.15, -0.1) is 0 Å². The number of rotatable bonds is 12. The maximum atomic E-state index is 14.2. The van der Waals surface area contributed by atoms with E-state index < -0.39 is 41.5 Å². The average molecular weight is 577 g/mol. The van der Waals surface area contributed by atoms with Crippen LogP contribution in [0.3, 0.4) is 0 Å². The van der Waals surface area contributed by atoms with E-state index in [0.717, 1.165) is 17.2 Å². The molecular formula is C32H40N4O6. The second-order valence-electron chi connectivity index (χ2n) is 11.1. The Bertz CT molecular complexity index is 1400. The molecule has 0 aliphatic rings. The molecule has 10 heteroatoms. The van der Waals surface area contributed by atoms with E-state index in [2.05, 4.69) is 10.6 Å². The Hall–Kier alpha value is -4.60. The molecule has 0 bridgehead atoms. The van der Waals surface area contributed by atoms with Gasteiger partial charge in [0.1, 0.15) is 23.4 Å². The number of hydrogen-bond acceptors (Lipinski definition) is 6. The molecule has 3 aromatic carbocycles. The van der Waals surface area contributed by atoms with Crippen molar-refractivity contribution in [2.45, 2.75) is 71.1 Å². The molecule has 5 N–H and O–H groups in total. The van der Waals surface area contributed by atoms with Crippen LogP contribution in [0.25, 0.3) is 10.8 Å². The Morgan fingerprint density at radius 1 is 0.976 bits per heavy atom. The summed E-state index contributed by atoms with van der Waals surface area (Å²) < 4.78 is 5.36. The van der Waals surface area contributed by atoms with Gasteiger partial charge in [-0.05, 0) is 74.2 Å². The number of carbonyl (C=O) groups is 4. The third kappa shape index (κ3) is 9.22. The normalized spacial score (nSPS) is 12.7.